The molecule has 0 spiro atoms. The van der Waals surface area contributed by atoms with Crippen LogP contribution in [0.25, 0.3) is 0 Å². The molecule has 1 atom stereocenters. The maximum Gasteiger partial charge on any atom is 0.234 e. The lowest BCUT2D eigenvalue weighted by atomic mass is 9.90. The molecule has 0 heterocycles. The Morgan fingerprint density at radius 1 is 1.37 bits per heavy atom. The molecule has 1 aromatic rings. The summed E-state index contributed by atoms with van der Waals surface area (Å²) in [6, 6.07) is 10.2. The van der Waals surface area contributed by atoms with Crippen molar-refractivity contribution in [2.45, 2.75) is 52.0 Å². The third kappa shape index (κ3) is 4.10. The number of hydrogen-bond acceptors (Lipinski definition) is 2. The molecule has 0 saturated carbocycles. The van der Waals surface area contributed by atoms with Crippen LogP contribution in [0.1, 0.15) is 57.6 Å². The normalized spacial score (nSPS) is 12.6. The molecular formula is C16H22N2O. The highest BCUT2D eigenvalue weighted by Gasteiger charge is 2.22. The number of carbonyl (C=O) groups is 1. The maximum atomic E-state index is 11.5. The molecule has 0 radical (unpaired) electrons. The molecule has 1 amide bonds. The molecule has 1 N–H and O–H groups in total. The van der Waals surface area contributed by atoms with E-state index in [1.54, 1.807) is 0 Å². The minimum absolute atomic E-state index is 0.103. The zero-order chi connectivity index (χ0) is 14.5. The number of carbonyl (C=O) groups excluding carboxylic acids is 1. The number of hydrogen-bond donors (Lipinski definition) is 1. The molecule has 3 heteroatoms. The lowest BCUT2D eigenvalue weighted by Crippen LogP contribution is -2.40. The van der Waals surface area contributed by atoms with Crippen molar-refractivity contribution in [3.05, 3.63) is 35.4 Å². The second kappa shape index (κ2) is 6.38. The Labute approximate surface area is 115 Å². The number of nitrogens with zero attached hydrogens (tertiary/aromatic N) is 1. The van der Waals surface area contributed by atoms with Gasteiger partial charge < -0.3 is 5.32 Å². The zero-order valence-corrected chi connectivity index (χ0v) is 12.2. The van der Waals surface area contributed by atoms with E-state index in [1.807, 2.05) is 32.0 Å². The van der Waals surface area contributed by atoms with Crippen LogP contribution in [0.15, 0.2) is 24.3 Å². The van der Waals surface area contributed by atoms with Crippen LogP contribution in [0.4, 0.5) is 0 Å². The van der Waals surface area contributed by atoms with Crippen molar-refractivity contribution in [2.75, 3.05) is 0 Å². The molecule has 3 nitrogen and oxygen atoms in total. The first-order chi connectivity index (χ1) is 8.90. The van der Waals surface area contributed by atoms with Crippen LogP contribution in [0.5, 0.6) is 0 Å². The lowest BCUT2D eigenvalue weighted by Gasteiger charge is -2.27. The molecule has 0 fully saturated rings. The summed E-state index contributed by atoms with van der Waals surface area (Å²) >= 11 is 0. The summed E-state index contributed by atoms with van der Waals surface area (Å²) in [6.07, 6.45) is 1.01. The first-order valence-electron chi connectivity index (χ1n) is 6.69. The molecule has 0 bridgehead atoms. The highest BCUT2D eigenvalue weighted by molar-refractivity contribution is 5.78. The highest BCUT2D eigenvalue weighted by atomic mass is 16.1. The van der Waals surface area contributed by atoms with Crippen LogP contribution in [-0.4, -0.2) is 5.91 Å². The lowest BCUT2D eigenvalue weighted by molar-refractivity contribution is -0.121. The summed E-state index contributed by atoms with van der Waals surface area (Å²) < 4.78 is 0. The van der Waals surface area contributed by atoms with Gasteiger partial charge in [0.05, 0.1) is 11.6 Å². The zero-order valence-electron chi connectivity index (χ0n) is 12.2. The standard InChI is InChI=1S/C16H22N2O/c1-5-12(2)13-6-8-14(9-7-13)16(3,4)18-15(19)10-11-17/h6-9,12H,5,10H2,1-4H3,(H,18,19). The fraction of sp³-hybridized carbons (Fsp3) is 0.500. The number of rotatable bonds is 5. The molecule has 0 aliphatic rings. The quantitative estimate of drug-likeness (QED) is 0.879. The molecule has 102 valence electrons. The molecule has 1 rings (SSSR count). The van der Waals surface area contributed by atoms with Crippen LogP contribution < -0.4 is 5.32 Å². The van der Waals surface area contributed by atoms with Crippen molar-refractivity contribution in [3.8, 4) is 6.07 Å². The van der Waals surface area contributed by atoms with Gasteiger partial charge in [-0.05, 0) is 37.3 Å². The fourth-order valence-corrected chi connectivity index (χ4v) is 2.00. The largest absolute Gasteiger partial charge is 0.346 e. The number of amides is 1. The van der Waals surface area contributed by atoms with E-state index in [9.17, 15) is 4.79 Å². The van der Waals surface area contributed by atoms with Gasteiger partial charge in [0.15, 0.2) is 0 Å². The van der Waals surface area contributed by atoms with Crippen LogP contribution in [-0.2, 0) is 10.3 Å². The SMILES string of the molecule is CCC(C)c1ccc(C(C)(C)NC(=O)CC#N)cc1. The van der Waals surface area contributed by atoms with Gasteiger partial charge in [-0.25, -0.2) is 0 Å². The summed E-state index contributed by atoms with van der Waals surface area (Å²) in [4.78, 5) is 11.5. The Kier molecular flexibility index (Phi) is 5.11. The van der Waals surface area contributed by atoms with Gasteiger partial charge in [0.2, 0.25) is 5.91 Å². The summed E-state index contributed by atoms with van der Waals surface area (Å²) in [5.74, 6) is 0.309. The third-order valence-electron chi connectivity index (χ3n) is 3.51. The summed E-state index contributed by atoms with van der Waals surface area (Å²) in [7, 11) is 0. The maximum absolute atomic E-state index is 11.5. The number of nitrogens with one attached hydrogen (secondary N) is 1. The Bertz CT molecular complexity index is 469. The van der Waals surface area contributed by atoms with Crippen molar-refractivity contribution >= 4 is 5.91 Å². The van der Waals surface area contributed by atoms with Crippen LogP contribution in [0.3, 0.4) is 0 Å². The van der Waals surface area contributed by atoms with E-state index in [0.717, 1.165) is 12.0 Å². The molecule has 1 unspecified atom stereocenters. The molecule has 0 aliphatic heterocycles. The molecular weight excluding hydrogens is 236 g/mol. The van der Waals surface area contributed by atoms with Gasteiger partial charge in [0, 0.05) is 0 Å². The first-order valence-corrected chi connectivity index (χ1v) is 6.69. The van der Waals surface area contributed by atoms with Crippen LogP contribution in [0.2, 0.25) is 0 Å². The Morgan fingerprint density at radius 3 is 2.42 bits per heavy atom. The summed E-state index contributed by atoms with van der Waals surface area (Å²) in [5.41, 5.74) is 1.90. The van der Waals surface area contributed by atoms with E-state index in [2.05, 4.69) is 31.3 Å². The van der Waals surface area contributed by atoms with E-state index >= 15 is 0 Å². The Morgan fingerprint density at radius 2 is 1.95 bits per heavy atom. The topological polar surface area (TPSA) is 52.9 Å². The minimum Gasteiger partial charge on any atom is -0.346 e. The van der Waals surface area contributed by atoms with Crippen LogP contribution in [0, 0.1) is 11.3 Å². The predicted molar refractivity (Wildman–Crippen MR) is 76.5 cm³/mol. The molecule has 19 heavy (non-hydrogen) atoms. The minimum atomic E-state index is -0.456. The predicted octanol–water partition coefficient (Wildman–Crippen LogP) is 3.47. The second-order valence-electron chi connectivity index (χ2n) is 5.44. The van der Waals surface area contributed by atoms with Crippen molar-refractivity contribution in [1.82, 2.24) is 5.32 Å². The van der Waals surface area contributed by atoms with E-state index in [4.69, 9.17) is 5.26 Å². The van der Waals surface area contributed by atoms with Gasteiger partial charge in [-0.2, -0.15) is 5.26 Å². The number of benzene rings is 1. The van der Waals surface area contributed by atoms with E-state index in [1.165, 1.54) is 5.56 Å². The highest BCUT2D eigenvalue weighted by Crippen LogP contribution is 2.24. The van der Waals surface area contributed by atoms with Gasteiger partial charge in [-0.3, -0.25) is 4.79 Å². The van der Waals surface area contributed by atoms with Gasteiger partial charge >= 0.3 is 0 Å². The Balaban J connectivity index is 2.84. The monoisotopic (exact) mass is 258 g/mol. The van der Waals surface area contributed by atoms with E-state index in [-0.39, 0.29) is 12.3 Å². The van der Waals surface area contributed by atoms with Gasteiger partial charge in [-0.15, -0.1) is 0 Å². The van der Waals surface area contributed by atoms with E-state index < -0.39 is 5.54 Å². The summed E-state index contributed by atoms with van der Waals surface area (Å²) in [5, 5.41) is 11.4. The fourth-order valence-electron chi connectivity index (χ4n) is 2.00. The Hall–Kier alpha value is -1.82. The third-order valence-corrected chi connectivity index (χ3v) is 3.51. The molecule has 0 aliphatic carbocycles. The smallest absolute Gasteiger partial charge is 0.234 e. The van der Waals surface area contributed by atoms with Gasteiger partial charge in [-0.1, -0.05) is 38.1 Å². The van der Waals surface area contributed by atoms with Crippen molar-refractivity contribution < 1.29 is 4.79 Å². The number of nitriles is 1. The average molecular weight is 258 g/mol. The molecule has 0 aromatic heterocycles. The second-order valence-corrected chi connectivity index (χ2v) is 5.44. The van der Waals surface area contributed by atoms with E-state index in [0.29, 0.717) is 5.92 Å². The molecule has 0 saturated heterocycles. The summed E-state index contributed by atoms with van der Waals surface area (Å²) in [6.45, 7) is 8.26. The van der Waals surface area contributed by atoms with Crippen LogP contribution >= 0.6 is 0 Å². The van der Waals surface area contributed by atoms with Crippen molar-refractivity contribution in [1.29, 1.82) is 5.26 Å². The van der Waals surface area contributed by atoms with Gasteiger partial charge in [0.1, 0.15) is 6.42 Å². The van der Waals surface area contributed by atoms with Crippen molar-refractivity contribution in [2.24, 2.45) is 0 Å². The molecule has 1 aromatic carbocycles. The first kappa shape index (κ1) is 15.2. The average Bonchev–Trinajstić information content (AvgIpc) is 2.37. The van der Waals surface area contributed by atoms with Crippen molar-refractivity contribution in [3.63, 3.8) is 0 Å². The van der Waals surface area contributed by atoms with Gasteiger partial charge in [0.25, 0.3) is 0 Å².